The quantitative estimate of drug-likeness (QED) is 0.617. The molecule has 8 heteroatoms. The van der Waals surface area contributed by atoms with Crippen LogP contribution < -0.4 is 5.32 Å². The van der Waals surface area contributed by atoms with Gasteiger partial charge in [0.05, 0.1) is 12.6 Å². The first-order valence-corrected chi connectivity index (χ1v) is 6.34. The van der Waals surface area contributed by atoms with Gasteiger partial charge in [0, 0.05) is 18.9 Å². The zero-order valence-corrected chi connectivity index (χ0v) is 11.2. The van der Waals surface area contributed by atoms with Crippen LogP contribution in [0, 0.1) is 11.6 Å². The highest BCUT2D eigenvalue weighted by Gasteiger charge is 2.44. The molecule has 21 heavy (non-hydrogen) atoms. The molecule has 0 radical (unpaired) electrons. The lowest BCUT2D eigenvalue weighted by Gasteiger charge is -2.42. The Labute approximate surface area is 119 Å². The van der Waals surface area contributed by atoms with E-state index in [-0.39, 0.29) is 5.69 Å². The average Bonchev–Trinajstić information content (AvgIpc) is 2.47. The van der Waals surface area contributed by atoms with Crippen LogP contribution in [0.2, 0.25) is 0 Å². The number of anilines is 1. The highest BCUT2D eigenvalue weighted by atomic mass is 19.2. The van der Waals surface area contributed by atoms with Gasteiger partial charge in [-0.25, -0.2) is 8.78 Å². The molecule has 0 saturated carbocycles. The van der Waals surface area contributed by atoms with Crippen LogP contribution in [0.25, 0.3) is 0 Å². The van der Waals surface area contributed by atoms with Gasteiger partial charge in [0.2, 0.25) is 0 Å². The van der Waals surface area contributed by atoms with Crippen molar-refractivity contribution in [2.75, 3.05) is 19.0 Å². The molecule has 1 aromatic carbocycles. The molecule has 0 bridgehead atoms. The maximum Gasteiger partial charge on any atom is 0.185 e. The fraction of sp³-hybridized carbons (Fsp3) is 0.538. The maximum absolute atomic E-state index is 13.2. The fourth-order valence-corrected chi connectivity index (χ4v) is 2.23. The van der Waals surface area contributed by atoms with Gasteiger partial charge >= 0.3 is 0 Å². The highest BCUT2D eigenvalue weighted by molar-refractivity contribution is 5.45. The summed E-state index contributed by atoms with van der Waals surface area (Å²) in [6, 6.07) is 2.11. The molecule has 0 aliphatic carbocycles. The fourth-order valence-electron chi connectivity index (χ4n) is 2.23. The minimum Gasteiger partial charge on any atom is -0.394 e. The summed E-state index contributed by atoms with van der Waals surface area (Å²) < 4.78 is 36.2. The minimum atomic E-state index is -1.26. The Hall–Kier alpha value is -1.32. The summed E-state index contributed by atoms with van der Waals surface area (Å²) in [5.74, 6) is -2.06. The van der Waals surface area contributed by atoms with E-state index in [1.165, 1.54) is 13.2 Å². The van der Waals surface area contributed by atoms with Gasteiger partial charge in [-0.2, -0.15) is 0 Å². The standard InChI is InChI=1S/C13H17F2NO5/c1-20-13-12(19)10(11(18)9(5-17)21-13)16-6-2-3-7(14)8(15)4-6/h2-4,9-13,16-19H,5H2,1H3/t9-,10+,11+,12-,13-/m1/s1. The van der Waals surface area contributed by atoms with Crippen LogP contribution in [0.3, 0.4) is 0 Å². The summed E-state index contributed by atoms with van der Waals surface area (Å²) in [7, 11) is 1.30. The van der Waals surface area contributed by atoms with Crippen molar-refractivity contribution in [1.82, 2.24) is 0 Å². The second-order valence-corrected chi connectivity index (χ2v) is 4.74. The summed E-state index contributed by atoms with van der Waals surface area (Å²) in [4.78, 5) is 0. The molecule has 1 fully saturated rings. The molecule has 1 heterocycles. The maximum atomic E-state index is 13.2. The number of aliphatic hydroxyl groups excluding tert-OH is 3. The van der Waals surface area contributed by atoms with Crippen LogP contribution in [0.5, 0.6) is 0 Å². The first kappa shape index (κ1) is 16.1. The molecule has 0 aromatic heterocycles. The Morgan fingerprint density at radius 1 is 1.24 bits per heavy atom. The third-order valence-corrected chi connectivity index (χ3v) is 3.37. The van der Waals surface area contributed by atoms with Crippen LogP contribution in [0.15, 0.2) is 18.2 Å². The van der Waals surface area contributed by atoms with Gasteiger partial charge in [-0.15, -0.1) is 0 Å². The number of hydrogen-bond acceptors (Lipinski definition) is 6. The van der Waals surface area contributed by atoms with Crippen LogP contribution >= 0.6 is 0 Å². The third kappa shape index (κ3) is 3.30. The Kier molecular flexibility index (Phi) is 5.07. The molecular formula is C13H17F2NO5. The van der Waals surface area contributed by atoms with Gasteiger partial charge in [0.25, 0.3) is 0 Å². The van der Waals surface area contributed by atoms with E-state index < -0.39 is 48.9 Å². The Morgan fingerprint density at radius 3 is 2.52 bits per heavy atom. The van der Waals surface area contributed by atoms with Gasteiger partial charge in [0.1, 0.15) is 18.3 Å². The van der Waals surface area contributed by atoms with Crippen LogP contribution in [0.1, 0.15) is 0 Å². The van der Waals surface area contributed by atoms with Crippen LogP contribution in [0.4, 0.5) is 14.5 Å². The number of methoxy groups -OCH3 is 1. The largest absolute Gasteiger partial charge is 0.394 e. The molecule has 0 unspecified atom stereocenters. The number of halogens is 2. The van der Waals surface area contributed by atoms with Crippen LogP contribution in [-0.2, 0) is 9.47 Å². The zero-order valence-electron chi connectivity index (χ0n) is 11.2. The molecule has 1 aliphatic heterocycles. The van der Waals surface area contributed by atoms with Crippen molar-refractivity contribution in [3.63, 3.8) is 0 Å². The topological polar surface area (TPSA) is 91.2 Å². The van der Waals surface area contributed by atoms with E-state index in [4.69, 9.17) is 14.6 Å². The van der Waals surface area contributed by atoms with Crippen molar-refractivity contribution < 1.29 is 33.6 Å². The second kappa shape index (κ2) is 6.63. The summed E-state index contributed by atoms with van der Waals surface area (Å²) >= 11 is 0. The molecule has 0 spiro atoms. The number of benzene rings is 1. The third-order valence-electron chi connectivity index (χ3n) is 3.37. The molecule has 1 saturated heterocycles. The molecule has 2 rings (SSSR count). The van der Waals surface area contributed by atoms with E-state index in [1.54, 1.807) is 0 Å². The van der Waals surface area contributed by atoms with Gasteiger partial charge in [-0.3, -0.25) is 0 Å². The molecular weight excluding hydrogens is 288 g/mol. The predicted octanol–water partition coefficient (Wildman–Crippen LogP) is -0.169. The highest BCUT2D eigenvalue weighted by Crippen LogP contribution is 2.25. The van der Waals surface area contributed by atoms with E-state index in [2.05, 4.69) is 5.32 Å². The molecule has 118 valence electrons. The SMILES string of the molecule is CO[C@@H]1O[C@H](CO)[C@H](O)[C@H](Nc2ccc(F)c(F)c2)[C@H]1O. The van der Waals surface area contributed by atoms with E-state index >= 15 is 0 Å². The molecule has 4 N–H and O–H groups in total. The van der Waals surface area contributed by atoms with Gasteiger partial charge in [-0.1, -0.05) is 0 Å². The summed E-state index contributed by atoms with van der Waals surface area (Å²) in [6.45, 7) is -0.482. The monoisotopic (exact) mass is 305 g/mol. The Balaban J connectivity index is 2.19. The number of nitrogens with one attached hydrogen (secondary N) is 1. The molecule has 1 aliphatic rings. The summed E-state index contributed by atoms with van der Waals surface area (Å²) in [6.07, 6.45) is -4.56. The van der Waals surface area contributed by atoms with Crippen LogP contribution in [-0.4, -0.2) is 59.7 Å². The first-order valence-electron chi connectivity index (χ1n) is 6.34. The van der Waals surface area contributed by atoms with Crippen molar-refractivity contribution in [1.29, 1.82) is 0 Å². The lowest BCUT2D eigenvalue weighted by molar-refractivity contribution is -0.265. The second-order valence-electron chi connectivity index (χ2n) is 4.74. The van der Waals surface area contributed by atoms with E-state index in [1.807, 2.05) is 0 Å². The molecule has 6 nitrogen and oxygen atoms in total. The Bertz CT molecular complexity index is 474. The van der Waals surface area contributed by atoms with Gasteiger partial charge in [0.15, 0.2) is 17.9 Å². The minimum absolute atomic E-state index is 0.172. The van der Waals surface area contributed by atoms with Crippen molar-refractivity contribution >= 4 is 5.69 Å². The Morgan fingerprint density at radius 2 is 1.95 bits per heavy atom. The van der Waals surface area contributed by atoms with Crippen molar-refractivity contribution in [2.45, 2.75) is 30.6 Å². The van der Waals surface area contributed by atoms with Crippen molar-refractivity contribution in [3.8, 4) is 0 Å². The van der Waals surface area contributed by atoms with E-state index in [9.17, 15) is 19.0 Å². The van der Waals surface area contributed by atoms with Gasteiger partial charge in [-0.05, 0) is 12.1 Å². The van der Waals surface area contributed by atoms with Gasteiger partial charge < -0.3 is 30.1 Å². The average molecular weight is 305 g/mol. The first-order chi connectivity index (χ1) is 9.97. The van der Waals surface area contributed by atoms with Crippen molar-refractivity contribution in [2.24, 2.45) is 0 Å². The zero-order chi connectivity index (χ0) is 15.6. The molecule has 0 amide bonds. The number of ether oxygens (including phenoxy) is 2. The lowest BCUT2D eigenvalue weighted by Crippen LogP contribution is -2.61. The van der Waals surface area contributed by atoms with E-state index in [0.29, 0.717) is 0 Å². The summed E-state index contributed by atoms with van der Waals surface area (Å²) in [5, 5.41) is 32.0. The number of hydrogen-bond donors (Lipinski definition) is 4. The molecule has 5 atom stereocenters. The molecule has 1 aromatic rings. The smallest absolute Gasteiger partial charge is 0.185 e. The normalized spacial score (nSPS) is 33.0. The lowest BCUT2D eigenvalue weighted by atomic mass is 9.96. The van der Waals surface area contributed by atoms with Crippen molar-refractivity contribution in [3.05, 3.63) is 29.8 Å². The number of rotatable bonds is 4. The summed E-state index contributed by atoms with van der Waals surface area (Å²) in [5.41, 5.74) is 0.172. The number of aliphatic hydroxyl groups is 3. The van der Waals surface area contributed by atoms with E-state index in [0.717, 1.165) is 12.1 Å². The predicted molar refractivity (Wildman–Crippen MR) is 68.5 cm³/mol.